The summed E-state index contributed by atoms with van der Waals surface area (Å²) in [6, 6.07) is 9.91. The predicted molar refractivity (Wildman–Crippen MR) is 71.3 cm³/mol. The third-order valence-corrected chi connectivity index (χ3v) is 3.86. The number of hydrogen-bond donors (Lipinski definition) is 1. The van der Waals surface area contributed by atoms with E-state index >= 15 is 0 Å². The van der Waals surface area contributed by atoms with Gasteiger partial charge in [0.25, 0.3) is 6.43 Å². The molecule has 1 fully saturated rings. The third kappa shape index (κ3) is 4.55. The molecule has 0 aromatic heterocycles. The van der Waals surface area contributed by atoms with Crippen molar-refractivity contribution in [2.24, 2.45) is 5.92 Å². The molecule has 1 aliphatic heterocycles. The molecule has 4 heteroatoms. The van der Waals surface area contributed by atoms with E-state index in [9.17, 15) is 13.9 Å². The smallest absolute Gasteiger partial charge is 0.251 e. The molecule has 0 spiro atoms. The minimum absolute atomic E-state index is 0.137. The van der Waals surface area contributed by atoms with Crippen LogP contribution in [-0.2, 0) is 6.42 Å². The lowest BCUT2D eigenvalue weighted by molar-refractivity contribution is 0.0329. The van der Waals surface area contributed by atoms with Crippen LogP contribution in [0.1, 0.15) is 18.4 Å². The maximum Gasteiger partial charge on any atom is 0.251 e. The molecule has 0 bridgehead atoms. The van der Waals surface area contributed by atoms with Gasteiger partial charge in [0.05, 0.1) is 12.6 Å². The Kier molecular flexibility index (Phi) is 5.28. The Morgan fingerprint density at radius 3 is 2.37 bits per heavy atom. The quantitative estimate of drug-likeness (QED) is 0.888. The number of aliphatic hydroxyl groups is 1. The molecule has 0 saturated carbocycles. The molecule has 1 saturated heterocycles. The number of hydrogen-bond acceptors (Lipinski definition) is 2. The van der Waals surface area contributed by atoms with Crippen molar-refractivity contribution in [2.45, 2.75) is 31.8 Å². The topological polar surface area (TPSA) is 23.5 Å². The van der Waals surface area contributed by atoms with Crippen molar-refractivity contribution in [1.29, 1.82) is 0 Å². The molecule has 2 nitrogen and oxygen atoms in total. The molecule has 1 heterocycles. The Hall–Kier alpha value is -1.00. The molecule has 2 rings (SSSR count). The highest BCUT2D eigenvalue weighted by molar-refractivity contribution is 5.15. The van der Waals surface area contributed by atoms with Crippen molar-refractivity contribution in [3.63, 3.8) is 0 Å². The van der Waals surface area contributed by atoms with E-state index in [1.807, 2.05) is 30.3 Å². The Labute approximate surface area is 113 Å². The number of alkyl halides is 2. The fraction of sp³-hybridized carbons (Fsp3) is 0.600. The van der Waals surface area contributed by atoms with Crippen molar-refractivity contribution in [1.82, 2.24) is 4.90 Å². The van der Waals surface area contributed by atoms with E-state index in [1.54, 1.807) is 4.90 Å². The van der Waals surface area contributed by atoms with Crippen LogP contribution in [0.15, 0.2) is 30.3 Å². The van der Waals surface area contributed by atoms with Crippen molar-refractivity contribution in [3.8, 4) is 0 Å². The predicted octanol–water partition coefficient (Wildman–Crippen LogP) is 2.57. The van der Waals surface area contributed by atoms with Gasteiger partial charge in [-0.15, -0.1) is 0 Å². The summed E-state index contributed by atoms with van der Waals surface area (Å²) >= 11 is 0. The molecule has 1 aliphatic rings. The zero-order valence-electron chi connectivity index (χ0n) is 11.0. The summed E-state index contributed by atoms with van der Waals surface area (Å²) in [4.78, 5) is 1.79. The lowest BCUT2D eigenvalue weighted by Gasteiger charge is -2.34. The first kappa shape index (κ1) is 14.4. The van der Waals surface area contributed by atoms with E-state index in [2.05, 4.69) is 0 Å². The van der Waals surface area contributed by atoms with Crippen molar-refractivity contribution < 1.29 is 13.9 Å². The van der Waals surface area contributed by atoms with Crippen molar-refractivity contribution >= 4 is 0 Å². The molecular formula is C15H21F2NO. The number of likely N-dealkylation sites (tertiary alicyclic amines) is 1. The molecule has 106 valence electrons. The van der Waals surface area contributed by atoms with Gasteiger partial charge in [0.2, 0.25) is 0 Å². The average molecular weight is 269 g/mol. The zero-order chi connectivity index (χ0) is 13.7. The summed E-state index contributed by atoms with van der Waals surface area (Å²) in [6.45, 7) is 1.20. The number of benzene rings is 1. The van der Waals surface area contributed by atoms with Crippen LogP contribution >= 0.6 is 0 Å². The Morgan fingerprint density at radius 1 is 1.16 bits per heavy atom. The maximum atomic E-state index is 12.3. The number of piperidine rings is 1. The lowest BCUT2D eigenvalue weighted by Crippen LogP contribution is -2.40. The fourth-order valence-corrected chi connectivity index (χ4v) is 2.74. The summed E-state index contributed by atoms with van der Waals surface area (Å²) in [7, 11) is 0. The minimum atomic E-state index is -2.26. The van der Waals surface area contributed by atoms with Gasteiger partial charge in [0.1, 0.15) is 0 Å². The summed E-state index contributed by atoms with van der Waals surface area (Å²) in [6.07, 6.45) is -0.358. The van der Waals surface area contributed by atoms with Gasteiger partial charge in [0.15, 0.2) is 0 Å². The fourth-order valence-electron chi connectivity index (χ4n) is 2.74. The Balaban J connectivity index is 1.78. The standard InChI is InChI=1S/C15H21F2NO/c16-15(17)11-18-8-6-13(7-9-18)14(19)10-12-4-2-1-3-5-12/h1-5,13-15,19H,6-11H2/t14-/m1/s1. The monoisotopic (exact) mass is 269 g/mol. The van der Waals surface area contributed by atoms with Crippen LogP contribution in [-0.4, -0.2) is 42.2 Å². The molecular weight excluding hydrogens is 248 g/mol. The van der Waals surface area contributed by atoms with E-state index < -0.39 is 6.43 Å². The molecule has 1 atom stereocenters. The Bertz CT molecular complexity index is 364. The summed E-state index contributed by atoms with van der Waals surface area (Å²) in [5, 5.41) is 10.2. The first-order valence-corrected chi connectivity index (χ1v) is 6.87. The van der Waals surface area contributed by atoms with E-state index in [1.165, 1.54) is 0 Å². The molecule has 1 N–H and O–H groups in total. The molecule has 0 amide bonds. The average Bonchev–Trinajstić information content (AvgIpc) is 2.40. The summed E-state index contributed by atoms with van der Waals surface area (Å²) in [5.74, 6) is 0.231. The van der Waals surface area contributed by atoms with Gasteiger partial charge in [-0.25, -0.2) is 8.78 Å². The first-order valence-electron chi connectivity index (χ1n) is 6.87. The summed E-state index contributed by atoms with van der Waals surface area (Å²) < 4.78 is 24.5. The van der Waals surface area contributed by atoms with Gasteiger partial charge in [-0.3, -0.25) is 4.90 Å². The van der Waals surface area contributed by atoms with Gasteiger partial charge in [0, 0.05) is 0 Å². The van der Waals surface area contributed by atoms with Crippen LogP contribution in [0.25, 0.3) is 0 Å². The zero-order valence-corrected chi connectivity index (χ0v) is 11.0. The molecule has 0 unspecified atom stereocenters. The lowest BCUT2D eigenvalue weighted by atomic mass is 9.88. The molecule has 1 aromatic carbocycles. The highest BCUT2D eigenvalue weighted by atomic mass is 19.3. The number of aliphatic hydroxyl groups excluding tert-OH is 1. The van der Waals surface area contributed by atoms with E-state index in [-0.39, 0.29) is 18.6 Å². The SMILES string of the molecule is O[C@H](Cc1ccccc1)C1CCN(CC(F)F)CC1. The third-order valence-electron chi connectivity index (χ3n) is 3.86. The molecule has 1 aromatic rings. The van der Waals surface area contributed by atoms with E-state index in [4.69, 9.17) is 0 Å². The van der Waals surface area contributed by atoms with Gasteiger partial charge in [-0.05, 0) is 43.8 Å². The minimum Gasteiger partial charge on any atom is -0.392 e. The van der Waals surface area contributed by atoms with Crippen molar-refractivity contribution in [3.05, 3.63) is 35.9 Å². The summed E-state index contributed by atoms with van der Waals surface area (Å²) in [5.41, 5.74) is 1.13. The van der Waals surface area contributed by atoms with Crippen LogP contribution in [0, 0.1) is 5.92 Å². The van der Waals surface area contributed by atoms with Crippen molar-refractivity contribution in [2.75, 3.05) is 19.6 Å². The highest BCUT2D eigenvalue weighted by Crippen LogP contribution is 2.23. The molecule has 0 aliphatic carbocycles. The number of rotatable bonds is 5. The molecule has 19 heavy (non-hydrogen) atoms. The number of halogens is 2. The first-order chi connectivity index (χ1) is 9.15. The van der Waals surface area contributed by atoms with Gasteiger partial charge in [-0.2, -0.15) is 0 Å². The second kappa shape index (κ2) is 6.96. The highest BCUT2D eigenvalue weighted by Gasteiger charge is 2.26. The van der Waals surface area contributed by atoms with Crippen LogP contribution < -0.4 is 0 Å². The molecule has 0 radical (unpaired) electrons. The number of nitrogens with zero attached hydrogens (tertiary/aromatic N) is 1. The van der Waals surface area contributed by atoms with Crippen LogP contribution in [0.5, 0.6) is 0 Å². The second-order valence-corrected chi connectivity index (χ2v) is 5.29. The largest absolute Gasteiger partial charge is 0.392 e. The second-order valence-electron chi connectivity index (χ2n) is 5.29. The van der Waals surface area contributed by atoms with E-state index in [0.29, 0.717) is 19.5 Å². The maximum absolute atomic E-state index is 12.3. The van der Waals surface area contributed by atoms with Gasteiger partial charge >= 0.3 is 0 Å². The Morgan fingerprint density at radius 2 is 1.79 bits per heavy atom. The van der Waals surface area contributed by atoms with E-state index in [0.717, 1.165) is 18.4 Å². The van der Waals surface area contributed by atoms with Crippen LogP contribution in [0.2, 0.25) is 0 Å². The van der Waals surface area contributed by atoms with Crippen LogP contribution in [0.3, 0.4) is 0 Å². The normalized spacial score (nSPS) is 19.8. The van der Waals surface area contributed by atoms with Gasteiger partial charge < -0.3 is 5.11 Å². The van der Waals surface area contributed by atoms with Gasteiger partial charge in [-0.1, -0.05) is 30.3 Å². The van der Waals surface area contributed by atoms with Crippen LogP contribution in [0.4, 0.5) is 8.78 Å².